The van der Waals surface area contributed by atoms with E-state index in [9.17, 15) is 5.11 Å². The minimum Gasteiger partial charge on any atom is -0.508 e. The van der Waals surface area contributed by atoms with E-state index in [0.29, 0.717) is 5.75 Å². The molecular weight excluding hydrogens is 284 g/mol. The van der Waals surface area contributed by atoms with Gasteiger partial charge >= 0.3 is 0 Å². The molecule has 2 aromatic rings. The molecule has 0 bridgehead atoms. The van der Waals surface area contributed by atoms with E-state index in [2.05, 4.69) is 6.92 Å². The normalized spacial score (nSPS) is 12.0. The molecule has 0 spiro atoms. The molecule has 1 atom stereocenters. The summed E-state index contributed by atoms with van der Waals surface area (Å²) in [4.78, 5) is 0. The van der Waals surface area contributed by atoms with E-state index < -0.39 is 0 Å². The van der Waals surface area contributed by atoms with Crippen molar-refractivity contribution in [2.45, 2.75) is 58.0 Å². The lowest BCUT2D eigenvalue weighted by Gasteiger charge is -2.20. The van der Waals surface area contributed by atoms with Crippen molar-refractivity contribution in [2.24, 2.45) is 0 Å². The summed E-state index contributed by atoms with van der Waals surface area (Å²) < 4.78 is 6.19. The van der Waals surface area contributed by atoms with E-state index in [1.165, 1.54) is 38.5 Å². The van der Waals surface area contributed by atoms with E-state index >= 15 is 0 Å². The molecule has 0 fully saturated rings. The molecule has 1 unspecified atom stereocenters. The van der Waals surface area contributed by atoms with Crippen molar-refractivity contribution in [3.05, 3.63) is 60.2 Å². The standard InChI is InChI=1S/C21H28O2/c1-2-3-4-5-6-10-13-21(18-14-16-19(22)17-15-18)23-20-11-8-7-9-12-20/h7-9,11-12,14-17,21-22H,2-6,10,13H2,1H3. The number of unbranched alkanes of at least 4 members (excludes halogenated alkanes) is 5. The van der Waals surface area contributed by atoms with E-state index in [1.807, 2.05) is 42.5 Å². The van der Waals surface area contributed by atoms with Crippen LogP contribution in [0.2, 0.25) is 0 Å². The number of aromatic hydroxyl groups is 1. The van der Waals surface area contributed by atoms with Crippen LogP contribution in [0.25, 0.3) is 0 Å². The van der Waals surface area contributed by atoms with Crippen LogP contribution in [-0.2, 0) is 0 Å². The van der Waals surface area contributed by atoms with Crippen LogP contribution < -0.4 is 4.74 Å². The van der Waals surface area contributed by atoms with Gasteiger partial charge in [-0.05, 0) is 42.7 Å². The molecule has 2 heteroatoms. The van der Waals surface area contributed by atoms with Crippen LogP contribution in [0.5, 0.6) is 11.5 Å². The van der Waals surface area contributed by atoms with Crippen molar-refractivity contribution >= 4 is 0 Å². The molecule has 2 nitrogen and oxygen atoms in total. The summed E-state index contributed by atoms with van der Waals surface area (Å²) in [6.45, 7) is 2.24. The van der Waals surface area contributed by atoms with Crippen LogP contribution in [0.15, 0.2) is 54.6 Å². The summed E-state index contributed by atoms with van der Waals surface area (Å²) in [5.74, 6) is 1.20. The summed E-state index contributed by atoms with van der Waals surface area (Å²) in [6.07, 6.45) is 8.74. The third-order valence-corrected chi connectivity index (χ3v) is 4.11. The maximum atomic E-state index is 9.48. The fourth-order valence-corrected chi connectivity index (χ4v) is 2.76. The SMILES string of the molecule is CCCCCCCCC(Oc1ccccc1)c1ccc(O)cc1. The largest absolute Gasteiger partial charge is 0.508 e. The quantitative estimate of drug-likeness (QED) is 0.524. The Labute approximate surface area is 140 Å². The summed E-state index contributed by atoms with van der Waals surface area (Å²) in [6, 6.07) is 17.4. The lowest BCUT2D eigenvalue weighted by atomic mass is 10.0. The molecule has 0 aliphatic rings. The minimum absolute atomic E-state index is 0.0455. The monoisotopic (exact) mass is 312 g/mol. The average molecular weight is 312 g/mol. The first-order valence-electron chi connectivity index (χ1n) is 8.80. The van der Waals surface area contributed by atoms with Gasteiger partial charge in [0, 0.05) is 0 Å². The van der Waals surface area contributed by atoms with Gasteiger partial charge in [-0.25, -0.2) is 0 Å². The van der Waals surface area contributed by atoms with Gasteiger partial charge in [-0.1, -0.05) is 69.4 Å². The summed E-state index contributed by atoms with van der Waals surface area (Å²) in [5, 5.41) is 9.48. The van der Waals surface area contributed by atoms with Gasteiger partial charge in [-0.15, -0.1) is 0 Å². The number of hydrogen-bond donors (Lipinski definition) is 1. The second kappa shape index (κ2) is 9.94. The van der Waals surface area contributed by atoms with Crippen LogP contribution in [0.4, 0.5) is 0 Å². The Morgan fingerprint density at radius 2 is 1.48 bits per heavy atom. The highest BCUT2D eigenvalue weighted by Crippen LogP contribution is 2.28. The Kier molecular flexibility index (Phi) is 7.51. The first-order chi connectivity index (χ1) is 11.3. The highest BCUT2D eigenvalue weighted by Gasteiger charge is 2.13. The highest BCUT2D eigenvalue weighted by atomic mass is 16.5. The van der Waals surface area contributed by atoms with Gasteiger partial charge in [0.1, 0.15) is 17.6 Å². The predicted octanol–water partition coefficient (Wildman–Crippen LogP) is 6.26. The van der Waals surface area contributed by atoms with Gasteiger partial charge in [0.2, 0.25) is 0 Å². The van der Waals surface area contributed by atoms with Crippen molar-refractivity contribution in [2.75, 3.05) is 0 Å². The number of benzene rings is 2. The molecular formula is C21H28O2. The zero-order valence-electron chi connectivity index (χ0n) is 14.1. The molecule has 1 N–H and O–H groups in total. The molecule has 2 aromatic carbocycles. The van der Waals surface area contributed by atoms with Crippen LogP contribution in [-0.4, -0.2) is 5.11 Å². The smallest absolute Gasteiger partial charge is 0.124 e. The fraction of sp³-hybridized carbons (Fsp3) is 0.429. The Hall–Kier alpha value is -1.96. The van der Waals surface area contributed by atoms with Crippen molar-refractivity contribution in [1.29, 1.82) is 0 Å². The van der Waals surface area contributed by atoms with E-state index in [4.69, 9.17) is 4.74 Å². The molecule has 23 heavy (non-hydrogen) atoms. The Balaban J connectivity index is 1.93. The average Bonchev–Trinajstić information content (AvgIpc) is 2.58. The lowest BCUT2D eigenvalue weighted by Crippen LogP contribution is -2.07. The van der Waals surface area contributed by atoms with Crippen LogP contribution in [0.1, 0.15) is 63.5 Å². The van der Waals surface area contributed by atoms with Crippen LogP contribution in [0, 0.1) is 0 Å². The number of phenols is 1. The first kappa shape index (κ1) is 17.4. The Morgan fingerprint density at radius 1 is 0.826 bits per heavy atom. The maximum Gasteiger partial charge on any atom is 0.124 e. The number of rotatable bonds is 10. The number of phenolic OH excluding ortho intramolecular Hbond substituents is 1. The number of ether oxygens (including phenoxy) is 1. The van der Waals surface area contributed by atoms with Crippen molar-refractivity contribution in [3.8, 4) is 11.5 Å². The topological polar surface area (TPSA) is 29.5 Å². The zero-order valence-corrected chi connectivity index (χ0v) is 14.1. The molecule has 0 saturated heterocycles. The van der Waals surface area contributed by atoms with Crippen LogP contribution >= 0.6 is 0 Å². The second-order valence-electron chi connectivity index (χ2n) is 6.07. The highest BCUT2D eigenvalue weighted by molar-refractivity contribution is 5.29. The van der Waals surface area contributed by atoms with Crippen molar-refractivity contribution < 1.29 is 9.84 Å². The van der Waals surface area contributed by atoms with Gasteiger partial charge in [0.05, 0.1) is 0 Å². The van der Waals surface area contributed by atoms with Gasteiger partial charge in [0.15, 0.2) is 0 Å². The summed E-state index contributed by atoms with van der Waals surface area (Å²) >= 11 is 0. The van der Waals surface area contributed by atoms with E-state index in [0.717, 1.165) is 17.7 Å². The predicted molar refractivity (Wildman–Crippen MR) is 95.9 cm³/mol. The number of hydrogen-bond acceptors (Lipinski definition) is 2. The van der Waals surface area contributed by atoms with Gasteiger partial charge in [-0.2, -0.15) is 0 Å². The molecule has 124 valence electrons. The van der Waals surface area contributed by atoms with Crippen molar-refractivity contribution in [1.82, 2.24) is 0 Å². The summed E-state index contributed by atoms with van der Waals surface area (Å²) in [7, 11) is 0. The molecule has 2 rings (SSSR count). The lowest BCUT2D eigenvalue weighted by molar-refractivity contribution is 0.190. The third kappa shape index (κ3) is 6.35. The first-order valence-corrected chi connectivity index (χ1v) is 8.80. The van der Waals surface area contributed by atoms with Gasteiger partial charge < -0.3 is 9.84 Å². The van der Waals surface area contributed by atoms with Crippen LogP contribution in [0.3, 0.4) is 0 Å². The van der Waals surface area contributed by atoms with E-state index in [1.54, 1.807) is 12.1 Å². The molecule has 0 saturated carbocycles. The fourth-order valence-electron chi connectivity index (χ4n) is 2.76. The Bertz CT molecular complexity index is 534. The molecule has 0 heterocycles. The van der Waals surface area contributed by atoms with Crippen molar-refractivity contribution in [3.63, 3.8) is 0 Å². The van der Waals surface area contributed by atoms with Gasteiger partial charge in [0.25, 0.3) is 0 Å². The zero-order chi connectivity index (χ0) is 16.3. The maximum absolute atomic E-state index is 9.48. The molecule has 0 radical (unpaired) electrons. The molecule has 0 aromatic heterocycles. The van der Waals surface area contributed by atoms with E-state index in [-0.39, 0.29) is 6.10 Å². The molecule has 0 amide bonds. The third-order valence-electron chi connectivity index (χ3n) is 4.11. The minimum atomic E-state index is 0.0455. The number of para-hydroxylation sites is 1. The van der Waals surface area contributed by atoms with Gasteiger partial charge in [-0.3, -0.25) is 0 Å². The molecule has 0 aliphatic carbocycles. The molecule has 0 aliphatic heterocycles. The second-order valence-corrected chi connectivity index (χ2v) is 6.07. The summed E-state index contributed by atoms with van der Waals surface area (Å²) in [5.41, 5.74) is 1.13. The Morgan fingerprint density at radius 3 is 2.17 bits per heavy atom.